The maximum absolute atomic E-state index is 12.9. The minimum atomic E-state index is -0.224. The molecule has 2 atom stereocenters. The van der Waals surface area contributed by atoms with Gasteiger partial charge in [-0.15, -0.1) is 0 Å². The predicted octanol–water partition coefficient (Wildman–Crippen LogP) is 2.77. The van der Waals surface area contributed by atoms with E-state index in [0.717, 1.165) is 30.6 Å². The fourth-order valence-electron chi connectivity index (χ4n) is 3.54. The van der Waals surface area contributed by atoms with Gasteiger partial charge in [0.25, 0.3) is 0 Å². The van der Waals surface area contributed by atoms with Crippen molar-refractivity contribution in [2.45, 2.75) is 18.9 Å². The van der Waals surface area contributed by atoms with Crippen LogP contribution < -0.4 is 5.32 Å². The number of carbonyl (C=O) groups excluding carboxylic acids is 1. The van der Waals surface area contributed by atoms with Gasteiger partial charge in [-0.2, -0.15) is 5.10 Å². The summed E-state index contributed by atoms with van der Waals surface area (Å²) in [5.41, 5.74) is 2.06. The molecule has 1 aromatic heterocycles. The third-order valence-electron chi connectivity index (χ3n) is 4.90. The molecule has 3 rings (SSSR count). The highest BCUT2D eigenvalue weighted by atomic mass is 19.1. The molecule has 1 aliphatic heterocycles. The van der Waals surface area contributed by atoms with Gasteiger partial charge in [-0.05, 0) is 30.0 Å². The lowest BCUT2D eigenvalue weighted by Crippen LogP contribution is -2.43. The summed E-state index contributed by atoms with van der Waals surface area (Å²) in [7, 11) is 3.77. The minimum absolute atomic E-state index is 0.0542. The van der Waals surface area contributed by atoms with Crippen LogP contribution in [-0.4, -0.2) is 40.7 Å². The van der Waals surface area contributed by atoms with Gasteiger partial charge in [-0.25, -0.2) is 4.39 Å². The van der Waals surface area contributed by atoms with E-state index in [4.69, 9.17) is 0 Å². The zero-order valence-corrected chi connectivity index (χ0v) is 15.2. The molecule has 5 nitrogen and oxygen atoms in total. The fourth-order valence-corrected chi connectivity index (χ4v) is 3.54. The Labute approximate surface area is 153 Å². The Hall–Kier alpha value is -2.47. The Morgan fingerprint density at radius 3 is 2.77 bits per heavy atom. The number of rotatable bonds is 6. The number of halogens is 1. The molecule has 2 heterocycles. The van der Waals surface area contributed by atoms with Gasteiger partial charge in [0.1, 0.15) is 5.82 Å². The number of piperidine rings is 1. The molecular weight excluding hydrogens is 331 g/mol. The number of aryl methyl sites for hydroxylation is 1. The van der Waals surface area contributed by atoms with Gasteiger partial charge in [0.2, 0.25) is 5.91 Å². The van der Waals surface area contributed by atoms with Gasteiger partial charge >= 0.3 is 0 Å². The van der Waals surface area contributed by atoms with Gasteiger partial charge < -0.3 is 10.2 Å². The van der Waals surface area contributed by atoms with Crippen molar-refractivity contribution >= 4 is 12.0 Å². The van der Waals surface area contributed by atoms with Gasteiger partial charge in [0.15, 0.2) is 0 Å². The maximum Gasteiger partial charge on any atom is 0.222 e. The quantitative estimate of drug-likeness (QED) is 0.810. The summed E-state index contributed by atoms with van der Waals surface area (Å²) < 4.78 is 14.7. The molecule has 1 amide bonds. The molecule has 1 aromatic carbocycles. The Morgan fingerprint density at radius 1 is 1.31 bits per heavy atom. The molecule has 1 aliphatic rings. The second-order valence-electron chi connectivity index (χ2n) is 6.81. The first-order chi connectivity index (χ1) is 12.5. The van der Waals surface area contributed by atoms with Gasteiger partial charge in [0.05, 0.1) is 12.2 Å². The summed E-state index contributed by atoms with van der Waals surface area (Å²) in [4.78, 5) is 14.0. The van der Waals surface area contributed by atoms with Crippen LogP contribution in [0.5, 0.6) is 0 Å². The van der Waals surface area contributed by atoms with Crippen LogP contribution in [0.4, 0.5) is 4.39 Å². The van der Waals surface area contributed by atoms with Crippen molar-refractivity contribution in [3.63, 3.8) is 0 Å². The van der Waals surface area contributed by atoms with E-state index in [1.807, 2.05) is 43.5 Å². The highest BCUT2D eigenvalue weighted by Crippen LogP contribution is 2.35. The van der Waals surface area contributed by atoms with Crippen molar-refractivity contribution in [1.82, 2.24) is 20.0 Å². The number of amides is 1. The first-order valence-corrected chi connectivity index (χ1v) is 8.91. The molecule has 6 heteroatoms. The van der Waals surface area contributed by atoms with E-state index in [-0.39, 0.29) is 17.8 Å². The number of benzene rings is 1. The van der Waals surface area contributed by atoms with Gasteiger partial charge in [0, 0.05) is 45.4 Å². The van der Waals surface area contributed by atoms with E-state index in [9.17, 15) is 9.18 Å². The SMILES string of the molecule is CN1C(=O)CC[C@H](CNC/C=C/c2ccc(F)cc2)[C@H]1c1cnn(C)c1. The van der Waals surface area contributed by atoms with Crippen molar-refractivity contribution in [2.24, 2.45) is 13.0 Å². The number of likely N-dealkylation sites (tertiary alicyclic amines) is 1. The molecule has 0 unspecified atom stereocenters. The molecule has 1 saturated heterocycles. The summed E-state index contributed by atoms with van der Waals surface area (Å²) in [6.07, 6.45) is 9.30. The summed E-state index contributed by atoms with van der Waals surface area (Å²) >= 11 is 0. The molecular formula is C20H25FN4O. The number of hydrogen-bond donors (Lipinski definition) is 1. The Balaban J connectivity index is 1.56. The molecule has 0 radical (unpaired) electrons. The molecule has 2 aromatic rings. The number of hydrogen-bond acceptors (Lipinski definition) is 3. The van der Waals surface area contributed by atoms with E-state index in [2.05, 4.69) is 10.4 Å². The molecule has 138 valence electrons. The number of nitrogens with zero attached hydrogens (tertiary/aromatic N) is 3. The lowest BCUT2D eigenvalue weighted by Gasteiger charge is -2.38. The molecule has 0 saturated carbocycles. The van der Waals surface area contributed by atoms with E-state index >= 15 is 0 Å². The number of nitrogens with one attached hydrogen (secondary N) is 1. The first kappa shape index (κ1) is 18.3. The van der Waals surface area contributed by atoms with Crippen LogP contribution in [0.15, 0.2) is 42.7 Å². The monoisotopic (exact) mass is 356 g/mol. The van der Waals surface area contributed by atoms with E-state index in [0.29, 0.717) is 12.3 Å². The number of carbonyl (C=O) groups is 1. The van der Waals surface area contributed by atoms with Gasteiger partial charge in [-0.3, -0.25) is 9.48 Å². The molecule has 0 bridgehead atoms. The maximum atomic E-state index is 12.9. The zero-order chi connectivity index (χ0) is 18.5. The van der Waals surface area contributed by atoms with Crippen molar-refractivity contribution in [3.8, 4) is 0 Å². The molecule has 0 aliphatic carbocycles. The second kappa shape index (κ2) is 8.27. The van der Waals surface area contributed by atoms with Crippen molar-refractivity contribution in [3.05, 3.63) is 59.7 Å². The normalized spacial score (nSPS) is 20.9. The second-order valence-corrected chi connectivity index (χ2v) is 6.81. The zero-order valence-electron chi connectivity index (χ0n) is 15.2. The van der Waals surface area contributed by atoms with Crippen LogP contribution in [0.3, 0.4) is 0 Å². The summed E-state index contributed by atoms with van der Waals surface area (Å²) in [5, 5.41) is 7.71. The molecule has 1 fully saturated rings. The average molecular weight is 356 g/mol. The summed E-state index contributed by atoms with van der Waals surface area (Å²) in [6, 6.07) is 6.48. The van der Waals surface area contributed by atoms with E-state index < -0.39 is 0 Å². The minimum Gasteiger partial charge on any atom is -0.338 e. The van der Waals surface area contributed by atoms with Crippen LogP contribution in [0.2, 0.25) is 0 Å². The molecule has 0 spiro atoms. The molecule has 1 N–H and O–H groups in total. The van der Waals surface area contributed by atoms with Crippen molar-refractivity contribution < 1.29 is 9.18 Å². The molecule has 26 heavy (non-hydrogen) atoms. The summed E-state index contributed by atoms with van der Waals surface area (Å²) in [5.74, 6) is 0.310. The highest BCUT2D eigenvalue weighted by molar-refractivity contribution is 5.77. The van der Waals surface area contributed by atoms with Crippen LogP contribution in [-0.2, 0) is 11.8 Å². The van der Waals surface area contributed by atoms with Crippen LogP contribution >= 0.6 is 0 Å². The topological polar surface area (TPSA) is 50.2 Å². The predicted molar refractivity (Wildman–Crippen MR) is 99.7 cm³/mol. The van der Waals surface area contributed by atoms with E-state index in [1.165, 1.54) is 12.1 Å². The summed E-state index contributed by atoms with van der Waals surface area (Å²) in [6.45, 7) is 1.55. The third kappa shape index (κ3) is 4.38. The van der Waals surface area contributed by atoms with Crippen LogP contribution in [0.1, 0.15) is 30.0 Å². The van der Waals surface area contributed by atoms with E-state index in [1.54, 1.807) is 16.8 Å². The Morgan fingerprint density at radius 2 is 2.08 bits per heavy atom. The fraction of sp³-hybridized carbons (Fsp3) is 0.400. The lowest BCUT2D eigenvalue weighted by atomic mass is 9.85. The first-order valence-electron chi connectivity index (χ1n) is 8.91. The van der Waals surface area contributed by atoms with Crippen molar-refractivity contribution in [2.75, 3.05) is 20.1 Å². The largest absolute Gasteiger partial charge is 0.338 e. The van der Waals surface area contributed by atoms with Gasteiger partial charge in [-0.1, -0.05) is 24.3 Å². The smallest absolute Gasteiger partial charge is 0.222 e. The lowest BCUT2D eigenvalue weighted by molar-refractivity contribution is -0.137. The Bertz CT molecular complexity index is 768. The standard InChI is InChI=1S/C20H25FN4O/c1-24-14-17(13-23-24)20-16(7-10-19(26)25(20)2)12-22-11-3-4-15-5-8-18(21)9-6-15/h3-6,8-9,13-14,16,20,22H,7,10-12H2,1-2H3/b4-3+/t16-,20+/m1/s1. The number of aromatic nitrogens is 2. The average Bonchev–Trinajstić information content (AvgIpc) is 3.05. The Kier molecular flexibility index (Phi) is 5.83. The van der Waals surface area contributed by atoms with Crippen LogP contribution in [0.25, 0.3) is 6.08 Å². The van der Waals surface area contributed by atoms with Crippen LogP contribution in [0, 0.1) is 11.7 Å². The highest BCUT2D eigenvalue weighted by Gasteiger charge is 2.34. The third-order valence-corrected chi connectivity index (χ3v) is 4.90. The van der Waals surface area contributed by atoms with Crippen molar-refractivity contribution in [1.29, 1.82) is 0 Å².